The van der Waals surface area contributed by atoms with E-state index < -0.39 is 0 Å². The van der Waals surface area contributed by atoms with E-state index in [1.54, 1.807) is 0 Å². The monoisotopic (exact) mass is 216 g/mol. The highest BCUT2D eigenvalue weighted by Crippen LogP contribution is 2.27. The van der Waals surface area contributed by atoms with Gasteiger partial charge in [0.25, 0.3) is 0 Å². The van der Waals surface area contributed by atoms with Gasteiger partial charge in [-0.15, -0.1) is 0 Å². The number of nitrogens with zero attached hydrogens (tertiary/aromatic N) is 1. The molecule has 1 heterocycles. The molecule has 1 N–H and O–H groups in total. The Morgan fingerprint density at radius 2 is 2.31 bits per heavy atom. The van der Waals surface area contributed by atoms with Crippen LogP contribution in [0, 0.1) is 0 Å². The van der Waals surface area contributed by atoms with Gasteiger partial charge in [0.1, 0.15) is 0 Å². The Morgan fingerprint density at radius 3 is 3.12 bits per heavy atom. The first-order valence-corrected chi connectivity index (χ1v) is 5.96. The van der Waals surface area contributed by atoms with Crippen LogP contribution < -0.4 is 10.2 Å². The third-order valence-electron chi connectivity index (χ3n) is 3.09. The number of hydrogen-bond acceptors (Lipinski definition) is 2. The van der Waals surface area contributed by atoms with E-state index in [1.165, 1.54) is 36.2 Å². The topological polar surface area (TPSA) is 15.3 Å². The number of likely N-dealkylation sites (N-methyl/N-ethyl adjacent to an activating group) is 1. The van der Waals surface area contributed by atoms with Gasteiger partial charge in [-0.05, 0) is 43.1 Å². The molecule has 0 amide bonds. The fourth-order valence-electron chi connectivity index (χ4n) is 2.22. The van der Waals surface area contributed by atoms with Crippen molar-refractivity contribution in [3.63, 3.8) is 0 Å². The van der Waals surface area contributed by atoms with Gasteiger partial charge in [0.05, 0.1) is 0 Å². The number of benzene rings is 1. The molecule has 0 fully saturated rings. The van der Waals surface area contributed by atoms with E-state index >= 15 is 0 Å². The van der Waals surface area contributed by atoms with Crippen LogP contribution in [0.1, 0.15) is 17.5 Å². The van der Waals surface area contributed by atoms with E-state index in [-0.39, 0.29) is 0 Å². The molecule has 0 spiro atoms. The number of anilines is 1. The summed E-state index contributed by atoms with van der Waals surface area (Å²) in [5.41, 5.74) is 4.20. The van der Waals surface area contributed by atoms with Crippen LogP contribution in [0.5, 0.6) is 0 Å². The molecule has 0 saturated carbocycles. The van der Waals surface area contributed by atoms with E-state index in [2.05, 4.69) is 47.6 Å². The van der Waals surface area contributed by atoms with Gasteiger partial charge >= 0.3 is 0 Å². The first-order chi connectivity index (χ1) is 7.81. The van der Waals surface area contributed by atoms with Crippen molar-refractivity contribution in [1.82, 2.24) is 5.32 Å². The molecule has 0 atom stereocenters. The minimum atomic E-state index is 0.928. The van der Waals surface area contributed by atoms with Crippen molar-refractivity contribution < 1.29 is 0 Å². The maximum Gasteiger partial charge on any atom is 0.0396 e. The van der Waals surface area contributed by atoms with Gasteiger partial charge in [0.2, 0.25) is 0 Å². The van der Waals surface area contributed by atoms with E-state index in [9.17, 15) is 0 Å². The SMILES string of the molecule is CNCC=Cc1ccc2c(c1)CCCN2C. The molecule has 16 heavy (non-hydrogen) atoms. The van der Waals surface area contributed by atoms with E-state index in [0.29, 0.717) is 0 Å². The summed E-state index contributed by atoms with van der Waals surface area (Å²) in [6.45, 7) is 2.11. The first-order valence-electron chi connectivity index (χ1n) is 5.96. The van der Waals surface area contributed by atoms with Crippen molar-refractivity contribution in [3.8, 4) is 0 Å². The van der Waals surface area contributed by atoms with Crippen LogP contribution in [-0.4, -0.2) is 27.2 Å². The Balaban J connectivity index is 2.18. The molecule has 1 aromatic rings. The molecule has 2 heteroatoms. The zero-order valence-electron chi connectivity index (χ0n) is 10.2. The van der Waals surface area contributed by atoms with Crippen LogP contribution in [0.25, 0.3) is 6.08 Å². The van der Waals surface area contributed by atoms with E-state index in [4.69, 9.17) is 0 Å². The normalized spacial score (nSPS) is 15.5. The highest BCUT2D eigenvalue weighted by atomic mass is 15.1. The predicted octanol–water partition coefficient (Wildman–Crippen LogP) is 2.30. The number of hydrogen-bond donors (Lipinski definition) is 1. The highest BCUT2D eigenvalue weighted by Gasteiger charge is 2.12. The Hall–Kier alpha value is -1.28. The first kappa shape index (κ1) is 11.2. The van der Waals surface area contributed by atoms with Crippen LogP contribution in [0.2, 0.25) is 0 Å². The Kier molecular flexibility index (Phi) is 3.62. The number of nitrogens with one attached hydrogen (secondary N) is 1. The summed E-state index contributed by atoms with van der Waals surface area (Å²) in [6, 6.07) is 6.76. The lowest BCUT2D eigenvalue weighted by Crippen LogP contribution is -2.24. The molecular formula is C14H20N2. The molecule has 0 bridgehead atoms. The lowest BCUT2D eigenvalue weighted by atomic mass is 9.99. The molecule has 1 aliphatic heterocycles. The minimum absolute atomic E-state index is 0.928. The minimum Gasteiger partial charge on any atom is -0.374 e. The zero-order chi connectivity index (χ0) is 11.4. The van der Waals surface area contributed by atoms with Crippen molar-refractivity contribution in [2.75, 3.05) is 32.1 Å². The van der Waals surface area contributed by atoms with E-state index in [1.807, 2.05) is 7.05 Å². The maximum atomic E-state index is 3.11. The fourth-order valence-corrected chi connectivity index (χ4v) is 2.22. The highest BCUT2D eigenvalue weighted by molar-refractivity contribution is 5.61. The van der Waals surface area contributed by atoms with Crippen LogP contribution >= 0.6 is 0 Å². The number of fused-ring (bicyclic) bond motifs is 1. The second-order valence-corrected chi connectivity index (χ2v) is 4.37. The Bertz CT molecular complexity index is 382. The molecule has 1 aromatic carbocycles. The zero-order valence-corrected chi connectivity index (χ0v) is 10.2. The Morgan fingerprint density at radius 1 is 1.44 bits per heavy atom. The summed E-state index contributed by atoms with van der Waals surface area (Å²) in [7, 11) is 4.14. The van der Waals surface area contributed by atoms with Crippen LogP contribution in [0.4, 0.5) is 5.69 Å². The van der Waals surface area contributed by atoms with Crippen molar-refractivity contribution >= 4 is 11.8 Å². The summed E-state index contributed by atoms with van der Waals surface area (Å²) < 4.78 is 0. The van der Waals surface area contributed by atoms with Gasteiger partial charge in [0.15, 0.2) is 0 Å². The summed E-state index contributed by atoms with van der Waals surface area (Å²) in [6.07, 6.45) is 6.83. The van der Waals surface area contributed by atoms with Crippen molar-refractivity contribution in [2.24, 2.45) is 0 Å². The molecular weight excluding hydrogens is 196 g/mol. The van der Waals surface area contributed by atoms with Gasteiger partial charge in [-0.3, -0.25) is 0 Å². The fraction of sp³-hybridized carbons (Fsp3) is 0.429. The van der Waals surface area contributed by atoms with Gasteiger partial charge in [-0.2, -0.15) is 0 Å². The molecule has 0 aliphatic carbocycles. The Labute approximate surface area is 98.0 Å². The lowest BCUT2D eigenvalue weighted by molar-refractivity contribution is 0.744. The van der Waals surface area contributed by atoms with Gasteiger partial charge in [-0.25, -0.2) is 0 Å². The quantitative estimate of drug-likeness (QED) is 0.834. The maximum absolute atomic E-state index is 3.11. The molecule has 0 aromatic heterocycles. The summed E-state index contributed by atoms with van der Waals surface area (Å²) in [5, 5.41) is 3.11. The predicted molar refractivity (Wildman–Crippen MR) is 71.0 cm³/mol. The molecule has 0 unspecified atom stereocenters. The number of rotatable bonds is 3. The van der Waals surface area contributed by atoms with Crippen LogP contribution in [0.3, 0.4) is 0 Å². The second-order valence-electron chi connectivity index (χ2n) is 4.37. The molecule has 86 valence electrons. The smallest absolute Gasteiger partial charge is 0.0396 e. The van der Waals surface area contributed by atoms with Crippen molar-refractivity contribution in [1.29, 1.82) is 0 Å². The summed E-state index contributed by atoms with van der Waals surface area (Å²) >= 11 is 0. The third kappa shape index (κ3) is 2.45. The molecule has 1 aliphatic rings. The van der Waals surface area contributed by atoms with Crippen LogP contribution in [0.15, 0.2) is 24.3 Å². The van der Waals surface area contributed by atoms with Gasteiger partial charge in [0, 0.05) is 25.8 Å². The van der Waals surface area contributed by atoms with Gasteiger partial charge < -0.3 is 10.2 Å². The lowest BCUT2D eigenvalue weighted by Gasteiger charge is -2.27. The molecule has 2 nitrogen and oxygen atoms in total. The van der Waals surface area contributed by atoms with E-state index in [0.717, 1.165) is 6.54 Å². The summed E-state index contributed by atoms with van der Waals surface area (Å²) in [5.74, 6) is 0. The number of aryl methyl sites for hydroxylation is 1. The average Bonchev–Trinajstić information content (AvgIpc) is 2.30. The molecule has 0 saturated heterocycles. The average molecular weight is 216 g/mol. The third-order valence-corrected chi connectivity index (χ3v) is 3.09. The standard InChI is InChI=1S/C14H20N2/c1-15-9-3-5-12-7-8-14-13(11-12)6-4-10-16(14)2/h3,5,7-8,11,15H,4,6,9-10H2,1-2H3. The second kappa shape index (κ2) is 5.17. The van der Waals surface area contributed by atoms with Crippen molar-refractivity contribution in [2.45, 2.75) is 12.8 Å². The molecule has 2 rings (SSSR count). The largest absolute Gasteiger partial charge is 0.374 e. The van der Waals surface area contributed by atoms with Crippen molar-refractivity contribution in [3.05, 3.63) is 35.4 Å². The van der Waals surface area contributed by atoms with Gasteiger partial charge in [-0.1, -0.05) is 18.2 Å². The molecule has 0 radical (unpaired) electrons. The summed E-state index contributed by atoms with van der Waals surface area (Å²) in [4.78, 5) is 2.35. The van der Waals surface area contributed by atoms with Crippen LogP contribution in [-0.2, 0) is 6.42 Å².